The number of benzene rings is 1. The highest BCUT2D eigenvalue weighted by Crippen LogP contribution is 2.29. The van der Waals surface area contributed by atoms with Crippen molar-refractivity contribution in [1.82, 2.24) is 0 Å². The lowest BCUT2D eigenvalue weighted by molar-refractivity contribution is -0.167. The van der Waals surface area contributed by atoms with Crippen molar-refractivity contribution in [3.63, 3.8) is 0 Å². The van der Waals surface area contributed by atoms with E-state index in [1.807, 2.05) is 0 Å². The van der Waals surface area contributed by atoms with E-state index in [1.54, 1.807) is 19.2 Å². The summed E-state index contributed by atoms with van der Waals surface area (Å²) in [6.07, 6.45) is -4.97. The Balaban J connectivity index is 2.94. The highest BCUT2D eigenvalue weighted by atomic mass is 19.4. The van der Waals surface area contributed by atoms with Gasteiger partial charge in [0.2, 0.25) is 5.91 Å². The zero-order valence-corrected chi connectivity index (χ0v) is 11.7. The van der Waals surface area contributed by atoms with Gasteiger partial charge in [0.1, 0.15) is 5.75 Å². The van der Waals surface area contributed by atoms with Gasteiger partial charge in [-0.05, 0) is 12.1 Å². The molecule has 0 saturated carbocycles. The molecule has 0 radical (unpaired) electrons. The van der Waals surface area contributed by atoms with Crippen LogP contribution in [-0.2, 0) is 9.59 Å². The number of alkyl halides is 3. The Hall–Kier alpha value is -2.25. The van der Waals surface area contributed by atoms with E-state index in [2.05, 4.69) is 5.32 Å². The van der Waals surface area contributed by atoms with Gasteiger partial charge >= 0.3 is 12.1 Å². The summed E-state index contributed by atoms with van der Waals surface area (Å²) >= 11 is 0. The highest BCUT2D eigenvalue weighted by Gasteiger charge is 2.38. The first-order valence-corrected chi connectivity index (χ1v) is 6.02. The maximum atomic E-state index is 12.2. The minimum Gasteiger partial charge on any atom is -0.494 e. The van der Waals surface area contributed by atoms with Gasteiger partial charge in [0, 0.05) is 17.7 Å². The molecule has 2 amide bonds. The fourth-order valence-corrected chi connectivity index (χ4v) is 1.35. The third kappa shape index (κ3) is 4.66. The Labute approximate surface area is 119 Å². The van der Waals surface area contributed by atoms with Gasteiger partial charge in [0.25, 0.3) is 0 Å². The molecule has 8 heteroatoms. The zero-order valence-electron chi connectivity index (χ0n) is 11.7. The number of ether oxygens (including phenoxy) is 1. The zero-order chi connectivity index (χ0) is 16.2. The van der Waals surface area contributed by atoms with Gasteiger partial charge in [-0.15, -0.1) is 0 Å². The summed E-state index contributed by atoms with van der Waals surface area (Å²) in [5.41, 5.74) is 0.220. The normalized spacial score (nSPS) is 11.2. The van der Waals surface area contributed by atoms with Crippen LogP contribution < -0.4 is 15.4 Å². The SMILES string of the molecule is COc1cc(NC(=O)C(F)(F)F)ccc1NC(=O)C(C)C. The Morgan fingerprint density at radius 1 is 1.19 bits per heavy atom. The first-order chi connectivity index (χ1) is 9.65. The predicted octanol–water partition coefficient (Wildman–Crippen LogP) is 2.79. The number of amides is 2. The summed E-state index contributed by atoms with van der Waals surface area (Å²) in [5, 5.41) is 4.28. The second-order valence-electron chi connectivity index (χ2n) is 4.51. The molecule has 0 aliphatic rings. The lowest BCUT2D eigenvalue weighted by atomic mass is 10.2. The van der Waals surface area contributed by atoms with Gasteiger partial charge in [-0.2, -0.15) is 13.2 Å². The summed E-state index contributed by atoms with van der Waals surface area (Å²) in [5.74, 6) is -2.47. The summed E-state index contributed by atoms with van der Waals surface area (Å²) < 4.78 is 41.5. The van der Waals surface area contributed by atoms with E-state index in [4.69, 9.17) is 4.74 Å². The van der Waals surface area contributed by atoms with Crippen LogP contribution in [0.4, 0.5) is 24.5 Å². The van der Waals surface area contributed by atoms with E-state index in [1.165, 1.54) is 25.3 Å². The number of carbonyl (C=O) groups is 2. The number of halogens is 3. The molecule has 0 spiro atoms. The molecular formula is C13H15F3N2O3. The summed E-state index contributed by atoms with van der Waals surface area (Å²) in [7, 11) is 1.30. The second-order valence-corrected chi connectivity index (χ2v) is 4.51. The number of rotatable bonds is 4. The van der Waals surface area contributed by atoms with Crippen LogP contribution in [0.15, 0.2) is 18.2 Å². The fourth-order valence-electron chi connectivity index (χ4n) is 1.35. The molecule has 0 aromatic heterocycles. The second kappa shape index (κ2) is 6.47. The summed E-state index contributed by atoms with van der Waals surface area (Å²) in [4.78, 5) is 22.4. The summed E-state index contributed by atoms with van der Waals surface area (Å²) in [6, 6.07) is 3.78. The van der Waals surface area contributed by atoms with Crippen molar-refractivity contribution in [3.8, 4) is 5.75 Å². The predicted molar refractivity (Wildman–Crippen MR) is 71.1 cm³/mol. The largest absolute Gasteiger partial charge is 0.494 e. The monoisotopic (exact) mass is 304 g/mol. The minimum absolute atomic E-state index is 0.0864. The molecule has 5 nitrogen and oxygen atoms in total. The molecule has 2 N–H and O–H groups in total. The third-order valence-electron chi connectivity index (χ3n) is 2.50. The van der Waals surface area contributed by atoms with E-state index < -0.39 is 12.1 Å². The Morgan fingerprint density at radius 2 is 1.81 bits per heavy atom. The van der Waals surface area contributed by atoms with Crippen molar-refractivity contribution in [2.24, 2.45) is 5.92 Å². The van der Waals surface area contributed by atoms with Crippen LogP contribution in [0.1, 0.15) is 13.8 Å². The smallest absolute Gasteiger partial charge is 0.471 e. The van der Waals surface area contributed by atoms with Crippen LogP contribution >= 0.6 is 0 Å². The van der Waals surface area contributed by atoms with E-state index >= 15 is 0 Å². The Kier molecular flexibility index (Phi) is 5.17. The van der Waals surface area contributed by atoms with Crippen LogP contribution in [-0.4, -0.2) is 25.1 Å². The Bertz CT molecular complexity index is 542. The molecule has 0 unspecified atom stereocenters. The number of hydrogen-bond acceptors (Lipinski definition) is 3. The number of nitrogens with one attached hydrogen (secondary N) is 2. The molecule has 0 bridgehead atoms. The topological polar surface area (TPSA) is 67.4 Å². The first-order valence-electron chi connectivity index (χ1n) is 6.02. The fraction of sp³-hybridized carbons (Fsp3) is 0.385. The third-order valence-corrected chi connectivity index (χ3v) is 2.50. The molecule has 0 heterocycles. The molecule has 1 aromatic carbocycles. The van der Waals surface area contributed by atoms with Gasteiger partial charge in [-0.25, -0.2) is 0 Å². The molecule has 21 heavy (non-hydrogen) atoms. The number of carbonyl (C=O) groups excluding carboxylic acids is 2. The van der Waals surface area contributed by atoms with E-state index in [0.717, 1.165) is 0 Å². The van der Waals surface area contributed by atoms with Gasteiger partial charge in [0.05, 0.1) is 12.8 Å². The number of anilines is 2. The molecule has 0 saturated heterocycles. The van der Waals surface area contributed by atoms with Gasteiger partial charge in [0.15, 0.2) is 0 Å². The Morgan fingerprint density at radius 3 is 2.29 bits per heavy atom. The minimum atomic E-state index is -4.97. The molecule has 0 aliphatic carbocycles. The highest BCUT2D eigenvalue weighted by molar-refractivity contribution is 5.97. The van der Waals surface area contributed by atoms with Crippen LogP contribution in [0.25, 0.3) is 0 Å². The maximum Gasteiger partial charge on any atom is 0.471 e. The van der Waals surface area contributed by atoms with Crippen molar-refractivity contribution < 1.29 is 27.5 Å². The van der Waals surface area contributed by atoms with Crippen molar-refractivity contribution in [3.05, 3.63) is 18.2 Å². The van der Waals surface area contributed by atoms with E-state index in [-0.39, 0.29) is 23.3 Å². The maximum absolute atomic E-state index is 12.2. The molecule has 0 atom stereocenters. The van der Waals surface area contributed by atoms with Crippen molar-refractivity contribution in [1.29, 1.82) is 0 Å². The average Bonchev–Trinajstić information content (AvgIpc) is 2.38. The lowest BCUT2D eigenvalue weighted by Crippen LogP contribution is -2.29. The molecule has 0 fully saturated rings. The molecule has 116 valence electrons. The quantitative estimate of drug-likeness (QED) is 0.899. The summed E-state index contributed by atoms with van der Waals surface area (Å²) in [6.45, 7) is 3.39. The number of methoxy groups -OCH3 is 1. The van der Waals surface area contributed by atoms with Crippen molar-refractivity contribution >= 4 is 23.2 Å². The first kappa shape index (κ1) is 16.8. The van der Waals surface area contributed by atoms with Crippen LogP contribution in [0.3, 0.4) is 0 Å². The van der Waals surface area contributed by atoms with Crippen LogP contribution in [0, 0.1) is 5.92 Å². The lowest BCUT2D eigenvalue weighted by Gasteiger charge is -2.14. The van der Waals surface area contributed by atoms with Gasteiger partial charge < -0.3 is 15.4 Å². The standard InChI is InChI=1S/C13H15F3N2O3/c1-7(2)11(19)18-9-5-4-8(6-10(9)21-3)17-12(20)13(14,15)16/h4-7H,1-3H3,(H,17,20)(H,18,19). The van der Waals surface area contributed by atoms with E-state index in [9.17, 15) is 22.8 Å². The average molecular weight is 304 g/mol. The van der Waals surface area contributed by atoms with Crippen LogP contribution in [0.2, 0.25) is 0 Å². The molecule has 0 aliphatic heterocycles. The molecule has 1 aromatic rings. The molecular weight excluding hydrogens is 289 g/mol. The molecule has 1 rings (SSSR count). The van der Waals surface area contributed by atoms with Crippen molar-refractivity contribution in [2.75, 3.05) is 17.7 Å². The van der Waals surface area contributed by atoms with E-state index in [0.29, 0.717) is 5.69 Å². The number of hydrogen-bond donors (Lipinski definition) is 2. The van der Waals surface area contributed by atoms with Crippen molar-refractivity contribution in [2.45, 2.75) is 20.0 Å². The van der Waals surface area contributed by atoms with Gasteiger partial charge in [-0.1, -0.05) is 13.8 Å². The van der Waals surface area contributed by atoms with Gasteiger partial charge in [-0.3, -0.25) is 9.59 Å². The van der Waals surface area contributed by atoms with Crippen LogP contribution in [0.5, 0.6) is 5.75 Å².